The maximum Gasteiger partial charge on any atom is 0.251 e. The summed E-state index contributed by atoms with van der Waals surface area (Å²) in [5.41, 5.74) is 7.45. The van der Waals surface area contributed by atoms with Gasteiger partial charge in [-0.15, -0.1) is 11.3 Å². The molecule has 1 atom stereocenters. The van der Waals surface area contributed by atoms with Gasteiger partial charge in [0.25, 0.3) is 5.91 Å². The van der Waals surface area contributed by atoms with Crippen molar-refractivity contribution in [3.8, 4) is 11.3 Å². The molecule has 42 heavy (non-hydrogen) atoms. The zero-order chi connectivity index (χ0) is 28.8. The number of rotatable bonds is 6. The zero-order valence-corrected chi connectivity index (χ0v) is 24.5. The average Bonchev–Trinajstić information content (AvgIpc) is 3.49. The van der Waals surface area contributed by atoms with E-state index in [1.165, 1.54) is 33.6 Å². The largest absolute Gasteiger partial charge is 0.348 e. The summed E-state index contributed by atoms with van der Waals surface area (Å²) in [6, 6.07) is 31.9. The third kappa shape index (κ3) is 4.52. The Hall–Kier alpha value is -4.26. The predicted octanol–water partition coefficient (Wildman–Crippen LogP) is 8.02. The van der Waals surface area contributed by atoms with Gasteiger partial charge >= 0.3 is 0 Å². The Labute approximate surface area is 253 Å². The van der Waals surface area contributed by atoms with Crippen LogP contribution in [0.25, 0.3) is 11.3 Å². The van der Waals surface area contributed by atoms with Crippen molar-refractivity contribution in [1.29, 1.82) is 0 Å². The van der Waals surface area contributed by atoms with Crippen LogP contribution < -0.4 is 10.6 Å². The highest BCUT2D eigenvalue weighted by Gasteiger charge is 2.54. The van der Waals surface area contributed by atoms with E-state index in [2.05, 4.69) is 66.1 Å². The van der Waals surface area contributed by atoms with Gasteiger partial charge < -0.3 is 10.6 Å². The summed E-state index contributed by atoms with van der Waals surface area (Å²) < 4.78 is 0. The smallest absolute Gasteiger partial charge is 0.251 e. The molecule has 5 aromatic rings. The van der Waals surface area contributed by atoms with E-state index in [1.54, 1.807) is 12.1 Å². The second-order valence-corrected chi connectivity index (χ2v) is 12.5. The molecule has 0 saturated carbocycles. The molecule has 0 fully saturated rings. The Balaban J connectivity index is 1.10. The van der Waals surface area contributed by atoms with Gasteiger partial charge in [0.15, 0.2) is 5.13 Å². The fourth-order valence-corrected chi connectivity index (χ4v) is 7.55. The maximum absolute atomic E-state index is 14.0. The third-order valence-electron chi connectivity index (χ3n) is 8.69. The van der Waals surface area contributed by atoms with E-state index < -0.39 is 5.41 Å². The van der Waals surface area contributed by atoms with Gasteiger partial charge in [0.05, 0.1) is 11.1 Å². The zero-order valence-electron chi connectivity index (χ0n) is 22.9. The summed E-state index contributed by atoms with van der Waals surface area (Å²) >= 11 is 7.62. The minimum absolute atomic E-state index is 0.0182. The van der Waals surface area contributed by atoms with Gasteiger partial charge in [-0.3, -0.25) is 9.59 Å². The monoisotopic (exact) mass is 589 g/mol. The van der Waals surface area contributed by atoms with Crippen LogP contribution in [-0.4, -0.2) is 16.8 Å². The van der Waals surface area contributed by atoms with Crippen LogP contribution in [0.1, 0.15) is 63.4 Å². The highest BCUT2D eigenvalue weighted by atomic mass is 35.5. The molecule has 4 aromatic carbocycles. The molecule has 5 nitrogen and oxygen atoms in total. The van der Waals surface area contributed by atoms with E-state index in [-0.39, 0.29) is 23.7 Å². The fourth-order valence-electron chi connectivity index (χ4n) is 6.63. The normalized spacial score (nSPS) is 20.0. The molecule has 7 heteroatoms. The second kappa shape index (κ2) is 10.5. The molecule has 208 valence electrons. The molecule has 3 aliphatic carbocycles. The Morgan fingerprint density at radius 3 is 2.29 bits per heavy atom. The van der Waals surface area contributed by atoms with Crippen molar-refractivity contribution < 1.29 is 9.59 Å². The second-order valence-electron chi connectivity index (χ2n) is 11.2. The molecule has 2 bridgehead atoms. The molecule has 0 saturated heterocycles. The molecule has 3 aliphatic rings. The molecule has 2 amide bonds. The number of nitrogens with one attached hydrogen (secondary N) is 2. The lowest BCUT2D eigenvalue weighted by molar-refractivity contribution is -0.126. The quantitative estimate of drug-likeness (QED) is 0.211. The number of hydrogen-bond donors (Lipinski definition) is 2. The van der Waals surface area contributed by atoms with Crippen molar-refractivity contribution in [3.05, 3.63) is 141 Å². The standard InChI is InChI=1S/C35H28ClN3O2S/c1-35(18-28-24-12-3-5-14-26(24)31(35)27-15-6-4-13-25(27)28)33(41)39-34-38-30(20-42-34)21-10-8-11-22(17-21)32(40)37-19-23-9-2-7-16-29(23)36/h2-17,20,28,31H,18-19H2,1H3,(H,37,40)(H,38,39,41). The summed E-state index contributed by atoms with van der Waals surface area (Å²) in [7, 11) is 0. The first-order chi connectivity index (χ1) is 20.4. The number of anilines is 1. The average molecular weight is 590 g/mol. The van der Waals surface area contributed by atoms with Crippen molar-refractivity contribution in [1.82, 2.24) is 10.3 Å². The number of fused-ring (bicyclic) bond motifs is 1. The number of carbonyl (C=O) groups is 2. The molecular weight excluding hydrogens is 562 g/mol. The van der Waals surface area contributed by atoms with Crippen molar-refractivity contribution >= 4 is 39.9 Å². The number of nitrogens with zero attached hydrogens (tertiary/aromatic N) is 1. The molecule has 2 N–H and O–H groups in total. The Morgan fingerprint density at radius 1 is 0.905 bits per heavy atom. The molecule has 0 radical (unpaired) electrons. The summed E-state index contributed by atoms with van der Waals surface area (Å²) in [5.74, 6) is -0.0384. The van der Waals surface area contributed by atoms with Crippen LogP contribution in [0.5, 0.6) is 0 Å². The first-order valence-corrected chi connectivity index (χ1v) is 15.2. The molecule has 0 spiro atoms. The minimum atomic E-state index is -0.612. The maximum atomic E-state index is 14.0. The van der Waals surface area contributed by atoms with Gasteiger partial charge in [-0.05, 0) is 59.4 Å². The SMILES string of the molecule is CC1(C(=O)Nc2nc(-c3cccc(C(=O)NCc4ccccc4Cl)c3)cs2)CC2c3ccccc3C1c1ccccc12. The van der Waals surface area contributed by atoms with Gasteiger partial charge in [0.2, 0.25) is 5.91 Å². The predicted molar refractivity (Wildman–Crippen MR) is 168 cm³/mol. The molecular formula is C35H28ClN3O2S. The van der Waals surface area contributed by atoms with E-state index in [4.69, 9.17) is 16.6 Å². The van der Waals surface area contributed by atoms with Gasteiger partial charge in [-0.25, -0.2) is 4.98 Å². The number of benzene rings is 4. The lowest BCUT2D eigenvalue weighted by atomic mass is 9.52. The highest BCUT2D eigenvalue weighted by Crippen LogP contribution is 2.61. The summed E-state index contributed by atoms with van der Waals surface area (Å²) in [5, 5.41) is 9.16. The van der Waals surface area contributed by atoms with E-state index in [0.717, 1.165) is 17.5 Å². The van der Waals surface area contributed by atoms with Gasteiger partial charge in [0.1, 0.15) is 0 Å². The van der Waals surface area contributed by atoms with E-state index in [9.17, 15) is 9.59 Å². The Morgan fingerprint density at radius 2 is 1.57 bits per heavy atom. The van der Waals surface area contributed by atoms with Crippen molar-refractivity contribution in [2.75, 3.05) is 5.32 Å². The molecule has 1 aromatic heterocycles. The first kappa shape index (κ1) is 26.6. The van der Waals surface area contributed by atoms with E-state index >= 15 is 0 Å². The van der Waals surface area contributed by atoms with Crippen LogP contribution in [0.4, 0.5) is 5.13 Å². The van der Waals surface area contributed by atoms with E-state index in [0.29, 0.717) is 28.0 Å². The van der Waals surface area contributed by atoms with E-state index in [1.807, 2.05) is 41.8 Å². The first-order valence-electron chi connectivity index (χ1n) is 14.0. The number of carbonyl (C=O) groups excluding carboxylic acids is 2. The van der Waals surface area contributed by atoms with Gasteiger partial charge in [-0.2, -0.15) is 0 Å². The summed E-state index contributed by atoms with van der Waals surface area (Å²) in [6.45, 7) is 2.43. The molecule has 8 rings (SSSR count). The number of thiazole rings is 1. The summed E-state index contributed by atoms with van der Waals surface area (Å²) in [4.78, 5) is 31.6. The van der Waals surface area contributed by atoms with Crippen LogP contribution in [-0.2, 0) is 11.3 Å². The van der Waals surface area contributed by atoms with Crippen LogP contribution in [0, 0.1) is 5.41 Å². The minimum Gasteiger partial charge on any atom is -0.348 e. The van der Waals surface area contributed by atoms with Crippen LogP contribution in [0.15, 0.2) is 102 Å². The lowest BCUT2D eigenvalue weighted by Crippen LogP contribution is -2.47. The summed E-state index contributed by atoms with van der Waals surface area (Å²) in [6.07, 6.45) is 0.751. The number of halogens is 1. The number of amides is 2. The Kier molecular flexibility index (Phi) is 6.68. The highest BCUT2D eigenvalue weighted by molar-refractivity contribution is 7.14. The van der Waals surface area contributed by atoms with Gasteiger partial charge in [-0.1, -0.05) is 90.5 Å². The fraction of sp³-hybridized carbons (Fsp3) is 0.171. The van der Waals surface area contributed by atoms with Crippen LogP contribution in [0.2, 0.25) is 5.02 Å². The van der Waals surface area contributed by atoms with Crippen LogP contribution >= 0.6 is 22.9 Å². The topological polar surface area (TPSA) is 71.1 Å². The van der Waals surface area contributed by atoms with Gasteiger partial charge in [0, 0.05) is 39.9 Å². The number of aromatic nitrogens is 1. The van der Waals surface area contributed by atoms with Crippen molar-refractivity contribution in [2.24, 2.45) is 5.41 Å². The van der Waals surface area contributed by atoms with Crippen molar-refractivity contribution in [2.45, 2.75) is 31.7 Å². The number of hydrogen-bond acceptors (Lipinski definition) is 4. The lowest BCUT2D eigenvalue weighted by Gasteiger charge is -2.50. The van der Waals surface area contributed by atoms with Crippen molar-refractivity contribution in [3.63, 3.8) is 0 Å². The Bertz CT molecular complexity index is 1800. The molecule has 1 unspecified atom stereocenters. The molecule has 1 heterocycles. The molecule has 0 aliphatic heterocycles. The third-order valence-corrected chi connectivity index (χ3v) is 9.82. The van der Waals surface area contributed by atoms with Crippen LogP contribution in [0.3, 0.4) is 0 Å².